The predicted molar refractivity (Wildman–Crippen MR) is 69.1 cm³/mol. The maximum Gasteiger partial charge on any atom is 0.247 e. The average Bonchev–Trinajstić information content (AvgIpc) is 2.59. The Balaban J connectivity index is 2.66. The van der Waals surface area contributed by atoms with E-state index in [4.69, 9.17) is 4.74 Å². The quantitative estimate of drug-likeness (QED) is 0.688. The van der Waals surface area contributed by atoms with Crippen LogP contribution in [0.25, 0.3) is 0 Å². The van der Waals surface area contributed by atoms with Gasteiger partial charge in [0.15, 0.2) is 0 Å². The van der Waals surface area contributed by atoms with Crippen molar-refractivity contribution in [2.45, 2.75) is 58.2 Å². The van der Waals surface area contributed by atoms with Crippen LogP contribution >= 0.6 is 0 Å². The number of nitrogens with zero attached hydrogens (tertiary/aromatic N) is 1. The minimum atomic E-state index is -0.386. The van der Waals surface area contributed by atoms with Crippen molar-refractivity contribution in [2.24, 2.45) is 0 Å². The minimum Gasteiger partial charge on any atom is -0.383 e. The summed E-state index contributed by atoms with van der Waals surface area (Å²) in [6, 6.07) is -0.281. The fraction of sp³-hybridized carbons (Fsp3) is 0.846. The van der Waals surface area contributed by atoms with Crippen LogP contribution < -0.4 is 5.32 Å². The average molecular weight is 256 g/mol. The third kappa shape index (κ3) is 3.29. The molecule has 0 spiro atoms. The molecule has 0 radical (unpaired) electrons. The predicted octanol–water partition coefficient (Wildman–Crippen LogP) is 0.927. The number of carbonyl (C=O) groups excluding carboxylic acids is 2. The fourth-order valence-electron chi connectivity index (χ4n) is 2.46. The van der Waals surface area contributed by atoms with E-state index in [0.717, 1.165) is 12.8 Å². The molecular formula is C13H24N2O3. The van der Waals surface area contributed by atoms with E-state index in [1.165, 1.54) is 4.90 Å². The van der Waals surface area contributed by atoms with Crippen LogP contribution in [0.2, 0.25) is 0 Å². The van der Waals surface area contributed by atoms with Crippen molar-refractivity contribution in [1.29, 1.82) is 0 Å². The van der Waals surface area contributed by atoms with Gasteiger partial charge in [-0.15, -0.1) is 0 Å². The molecule has 1 fully saturated rings. The first-order valence-corrected chi connectivity index (χ1v) is 6.65. The van der Waals surface area contributed by atoms with Gasteiger partial charge < -0.3 is 10.1 Å². The molecule has 1 N–H and O–H groups in total. The van der Waals surface area contributed by atoms with Crippen LogP contribution in [0.5, 0.6) is 0 Å². The number of carbonyl (C=O) groups is 2. The maximum atomic E-state index is 12.2. The van der Waals surface area contributed by atoms with Crippen LogP contribution in [0.1, 0.15) is 40.0 Å². The van der Waals surface area contributed by atoms with Crippen molar-refractivity contribution in [1.82, 2.24) is 10.2 Å². The third-order valence-corrected chi connectivity index (χ3v) is 3.39. The van der Waals surface area contributed by atoms with Gasteiger partial charge in [0.1, 0.15) is 0 Å². The highest BCUT2D eigenvalue weighted by atomic mass is 16.5. The Morgan fingerprint density at radius 1 is 1.39 bits per heavy atom. The number of rotatable bonds is 7. The van der Waals surface area contributed by atoms with Crippen LogP contribution in [-0.2, 0) is 14.3 Å². The largest absolute Gasteiger partial charge is 0.383 e. The highest BCUT2D eigenvalue weighted by molar-refractivity contribution is 6.05. The Morgan fingerprint density at radius 3 is 2.50 bits per heavy atom. The van der Waals surface area contributed by atoms with Crippen molar-refractivity contribution in [3.05, 3.63) is 0 Å². The van der Waals surface area contributed by atoms with Crippen molar-refractivity contribution < 1.29 is 14.3 Å². The number of methoxy groups -OCH3 is 1. The van der Waals surface area contributed by atoms with Gasteiger partial charge in [-0.05, 0) is 19.8 Å². The molecule has 104 valence electrons. The van der Waals surface area contributed by atoms with Gasteiger partial charge in [0.25, 0.3) is 0 Å². The molecule has 1 heterocycles. The van der Waals surface area contributed by atoms with Gasteiger partial charge in [0.2, 0.25) is 11.8 Å². The standard InChI is InChI=1S/C13H24N2O3/c1-5-10(6-2)15-12(16)7-11(13(15)17)14-9(3)8-18-4/h9-11,14H,5-8H2,1-4H3. The van der Waals surface area contributed by atoms with Crippen molar-refractivity contribution in [2.75, 3.05) is 13.7 Å². The van der Waals surface area contributed by atoms with Crippen molar-refractivity contribution >= 4 is 11.8 Å². The van der Waals surface area contributed by atoms with Crippen LogP contribution in [0, 0.1) is 0 Å². The minimum absolute atomic E-state index is 0.0366. The van der Waals surface area contributed by atoms with Gasteiger partial charge in [-0.25, -0.2) is 0 Å². The number of ether oxygens (including phenoxy) is 1. The second-order valence-corrected chi connectivity index (χ2v) is 4.85. The second kappa shape index (κ2) is 6.85. The van der Waals surface area contributed by atoms with E-state index in [2.05, 4.69) is 5.32 Å². The summed E-state index contributed by atoms with van der Waals surface area (Å²) < 4.78 is 5.02. The molecule has 1 aliphatic heterocycles. The van der Waals surface area contributed by atoms with E-state index in [9.17, 15) is 9.59 Å². The fourth-order valence-corrected chi connectivity index (χ4v) is 2.46. The summed E-state index contributed by atoms with van der Waals surface area (Å²) in [5, 5.41) is 3.16. The summed E-state index contributed by atoms with van der Waals surface area (Å²) in [5.74, 6) is -0.146. The Bertz CT molecular complexity index is 303. The topological polar surface area (TPSA) is 58.6 Å². The molecule has 0 bridgehead atoms. The SMILES string of the molecule is CCC(CC)N1C(=O)CC(NC(C)COC)C1=O. The van der Waals surface area contributed by atoms with Crippen molar-refractivity contribution in [3.8, 4) is 0 Å². The van der Waals surface area contributed by atoms with Crippen LogP contribution in [-0.4, -0.2) is 48.6 Å². The zero-order valence-electron chi connectivity index (χ0n) is 11.7. The molecule has 0 saturated carbocycles. The summed E-state index contributed by atoms with van der Waals surface area (Å²) in [5.41, 5.74) is 0. The van der Waals surface area contributed by atoms with Gasteiger partial charge in [0, 0.05) is 19.2 Å². The lowest BCUT2D eigenvalue weighted by Crippen LogP contribution is -2.46. The molecule has 5 heteroatoms. The molecule has 1 rings (SSSR count). The second-order valence-electron chi connectivity index (χ2n) is 4.85. The van der Waals surface area contributed by atoms with E-state index in [1.54, 1.807) is 7.11 Å². The normalized spacial score (nSPS) is 22.1. The molecule has 5 nitrogen and oxygen atoms in total. The first kappa shape index (κ1) is 15.1. The summed E-state index contributed by atoms with van der Waals surface area (Å²) in [6.07, 6.45) is 1.89. The lowest BCUT2D eigenvalue weighted by Gasteiger charge is -2.25. The zero-order chi connectivity index (χ0) is 13.7. The molecular weight excluding hydrogens is 232 g/mol. The van der Waals surface area contributed by atoms with Crippen molar-refractivity contribution in [3.63, 3.8) is 0 Å². The summed E-state index contributed by atoms with van der Waals surface area (Å²) in [4.78, 5) is 25.6. The molecule has 0 aromatic carbocycles. The molecule has 2 unspecified atom stereocenters. The zero-order valence-corrected chi connectivity index (χ0v) is 11.7. The Kier molecular flexibility index (Phi) is 5.75. The van der Waals surface area contributed by atoms with Crippen LogP contribution in [0.3, 0.4) is 0 Å². The van der Waals surface area contributed by atoms with Gasteiger partial charge in [0.05, 0.1) is 19.1 Å². The third-order valence-electron chi connectivity index (χ3n) is 3.39. The van der Waals surface area contributed by atoms with E-state index in [-0.39, 0.29) is 36.4 Å². The number of nitrogens with one attached hydrogen (secondary N) is 1. The molecule has 1 aliphatic rings. The van der Waals surface area contributed by atoms with Gasteiger partial charge in [-0.2, -0.15) is 0 Å². The molecule has 0 aromatic rings. The molecule has 2 amide bonds. The smallest absolute Gasteiger partial charge is 0.247 e. The number of hydrogen-bond acceptors (Lipinski definition) is 4. The highest BCUT2D eigenvalue weighted by Crippen LogP contribution is 2.20. The van der Waals surface area contributed by atoms with Gasteiger partial charge >= 0.3 is 0 Å². The van der Waals surface area contributed by atoms with E-state index < -0.39 is 0 Å². The molecule has 18 heavy (non-hydrogen) atoms. The molecule has 0 aliphatic carbocycles. The maximum absolute atomic E-state index is 12.2. The van der Waals surface area contributed by atoms with E-state index in [0.29, 0.717) is 6.61 Å². The van der Waals surface area contributed by atoms with Gasteiger partial charge in [-0.1, -0.05) is 13.8 Å². The van der Waals surface area contributed by atoms with E-state index >= 15 is 0 Å². The number of amides is 2. The van der Waals surface area contributed by atoms with E-state index in [1.807, 2.05) is 20.8 Å². The number of likely N-dealkylation sites (tertiary alicyclic amines) is 1. The monoisotopic (exact) mass is 256 g/mol. The number of imide groups is 1. The van der Waals surface area contributed by atoms with Crippen LogP contribution in [0.4, 0.5) is 0 Å². The molecule has 1 saturated heterocycles. The lowest BCUT2D eigenvalue weighted by molar-refractivity contribution is -0.141. The molecule has 2 atom stereocenters. The Morgan fingerprint density at radius 2 is 2.00 bits per heavy atom. The highest BCUT2D eigenvalue weighted by Gasteiger charge is 2.41. The summed E-state index contributed by atoms with van der Waals surface area (Å²) >= 11 is 0. The lowest BCUT2D eigenvalue weighted by atomic mass is 10.1. The summed E-state index contributed by atoms with van der Waals surface area (Å²) in [6.45, 7) is 6.48. The first-order chi connectivity index (χ1) is 8.54. The Hall–Kier alpha value is -0.940. The van der Waals surface area contributed by atoms with Crippen LogP contribution in [0.15, 0.2) is 0 Å². The number of hydrogen-bond donors (Lipinski definition) is 1. The Labute approximate surface area is 109 Å². The molecule has 0 aromatic heterocycles. The first-order valence-electron chi connectivity index (χ1n) is 6.65. The van der Waals surface area contributed by atoms with Gasteiger partial charge in [-0.3, -0.25) is 14.5 Å². The summed E-state index contributed by atoms with van der Waals surface area (Å²) in [7, 11) is 1.62.